The molecule has 21 heavy (non-hydrogen) atoms. The lowest BCUT2D eigenvalue weighted by atomic mass is 10.1. The van der Waals surface area contributed by atoms with Gasteiger partial charge in [0.25, 0.3) is 5.91 Å². The fourth-order valence-corrected chi connectivity index (χ4v) is 2.71. The van der Waals surface area contributed by atoms with Crippen molar-refractivity contribution in [1.82, 2.24) is 0 Å². The van der Waals surface area contributed by atoms with E-state index in [4.69, 9.17) is 0 Å². The normalized spacial score (nSPS) is 13.6. The smallest absolute Gasteiger partial charge is 0.258 e. The molecule has 0 aliphatic carbocycles. The van der Waals surface area contributed by atoms with Crippen LogP contribution in [-0.4, -0.2) is 24.6 Å². The van der Waals surface area contributed by atoms with E-state index in [0.717, 1.165) is 10.6 Å². The molecule has 2 amide bonds. The van der Waals surface area contributed by atoms with Gasteiger partial charge < -0.3 is 5.32 Å². The second-order valence-corrected chi connectivity index (χ2v) is 5.56. The Morgan fingerprint density at radius 3 is 2.57 bits per heavy atom. The van der Waals surface area contributed by atoms with Gasteiger partial charge in [0.1, 0.15) is 6.54 Å². The molecule has 0 spiro atoms. The number of benzene rings is 2. The van der Waals surface area contributed by atoms with Crippen molar-refractivity contribution in [3.8, 4) is 0 Å². The zero-order valence-electron chi connectivity index (χ0n) is 11.5. The predicted octanol–water partition coefficient (Wildman–Crippen LogP) is 3.01. The molecule has 0 saturated carbocycles. The number of fused-ring (bicyclic) bond motifs is 1. The van der Waals surface area contributed by atoms with Crippen LogP contribution in [0.4, 0.5) is 11.4 Å². The van der Waals surface area contributed by atoms with Gasteiger partial charge in [0.05, 0.1) is 11.4 Å². The predicted molar refractivity (Wildman–Crippen MR) is 85.0 cm³/mol. The number of carbonyl (C=O) groups is 2. The maximum absolute atomic E-state index is 12.6. The van der Waals surface area contributed by atoms with Crippen LogP contribution in [0.2, 0.25) is 0 Å². The minimum Gasteiger partial charge on any atom is -0.323 e. The van der Waals surface area contributed by atoms with Crippen LogP contribution in [0.5, 0.6) is 0 Å². The van der Waals surface area contributed by atoms with Gasteiger partial charge in [-0.15, -0.1) is 11.8 Å². The Labute approximate surface area is 127 Å². The van der Waals surface area contributed by atoms with E-state index in [1.54, 1.807) is 30.0 Å². The van der Waals surface area contributed by atoms with Gasteiger partial charge in [0.15, 0.2) is 0 Å². The molecule has 2 aromatic carbocycles. The third-order valence-corrected chi connectivity index (χ3v) is 4.10. The molecule has 1 heterocycles. The zero-order chi connectivity index (χ0) is 14.8. The molecule has 0 bridgehead atoms. The Morgan fingerprint density at radius 2 is 1.86 bits per heavy atom. The van der Waals surface area contributed by atoms with Gasteiger partial charge in [0.2, 0.25) is 5.91 Å². The SMILES string of the molecule is CSc1ccc(C(=O)N2CC(=O)Nc3ccccc32)cc1. The molecular formula is C16H14N2O2S. The summed E-state index contributed by atoms with van der Waals surface area (Å²) in [6.45, 7) is 0.0418. The maximum Gasteiger partial charge on any atom is 0.258 e. The first-order chi connectivity index (χ1) is 10.2. The van der Waals surface area contributed by atoms with Crippen molar-refractivity contribution in [2.45, 2.75) is 4.90 Å². The Kier molecular flexibility index (Phi) is 3.66. The molecule has 0 aromatic heterocycles. The van der Waals surface area contributed by atoms with Crippen LogP contribution >= 0.6 is 11.8 Å². The molecule has 0 fully saturated rings. The Balaban J connectivity index is 1.95. The minimum absolute atomic E-state index is 0.0418. The molecule has 0 saturated heterocycles. The molecule has 1 aliphatic heterocycles. The Bertz CT molecular complexity index is 698. The molecule has 0 unspecified atom stereocenters. The summed E-state index contributed by atoms with van der Waals surface area (Å²) < 4.78 is 0. The first-order valence-electron chi connectivity index (χ1n) is 6.54. The summed E-state index contributed by atoms with van der Waals surface area (Å²) in [5.74, 6) is -0.340. The van der Waals surface area contributed by atoms with E-state index in [9.17, 15) is 9.59 Å². The lowest BCUT2D eigenvalue weighted by Crippen LogP contribution is -2.42. The van der Waals surface area contributed by atoms with Gasteiger partial charge in [-0.1, -0.05) is 12.1 Å². The van der Waals surface area contributed by atoms with Crippen LogP contribution in [0.25, 0.3) is 0 Å². The summed E-state index contributed by atoms with van der Waals surface area (Å²) in [6, 6.07) is 14.7. The van der Waals surface area contributed by atoms with Crippen LogP contribution in [0.15, 0.2) is 53.4 Å². The van der Waals surface area contributed by atoms with Gasteiger partial charge in [-0.25, -0.2) is 0 Å². The van der Waals surface area contributed by atoms with Gasteiger partial charge in [-0.3, -0.25) is 14.5 Å². The van der Waals surface area contributed by atoms with E-state index in [-0.39, 0.29) is 18.4 Å². The molecule has 5 heteroatoms. The summed E-state index contributed by atoms with van der Waals surface area (Å²) in [6.07, 6.45) is 1.99. The van der Waals surface area contributed by atoms with E-state index in [0.29, 0.717) is 11.3 Å². The lowest BCUT2D eigenvalue weighted by molar-refractivity contribution is -0.115. The number of amides is 2. The first kappa shape index (κ1) is 13.7. The third-order valence-electron chi connectivity index (χ3n) is 3.35. The van der Waals surface area contributed by atoms with Crippen LogP contribution in [0.1, 0.15) is 10.4 Å². The minimum atomic E-state index is -0.178. The summed E-state index contributed by atoms with van der Waals surface area (Å²) in [5.41, 5.74) is 1.98. The monoisotopic (exact) mass is 298 g/mol. The second-order valence-electron chi connectivity index (χ2n) is 4.69. The molecule has 1 aliphatic rings. The van der Waals surface area contributed by atoms with E-state index in [2.05, 4.69) is 5.32 Å². The zero-order valence-corrected chi connectivity index (χ0v) is 12.3. The van der Waals surface area contributed by atoms with Crippen LogP contribution < -0.4 is 10.2 Å². The number of para-hydroxylation sites is 2. The molecule has 4 nitrogen and oxygen atoms in total. The number of nitrogens with one attached hydrogen (secondary N) is 1. The highest BCUT2D eigenvalue weighted by Gasteiger charge is 2.27. The number of anilines is 2. The van der Waals surface area contributed by atoms with Crippen LogP contribution in [0, 0.1) is 0 Å². The number of hydrogen-bond donors (Lipinski definition) is 1. The molecule has 106 valence electrons. The second kappa shape index (κ2) is 5.61. The number of nitrogens with zero attached hydrogens (tertiary/aromatic N) is 1. The highest BCUT2D eigenvalue weighted by atomic mass is 32.2. The quantitative estimate of drug-likeness (QED) is 0.867. The molecule has 3 rings (SSSR count). The number of carbonyl (C=O) groups excluding carboxylic acids is 2. The Morgan fingerprint density at radius 1 is 1.14 bits per heavy atom. The van der Waals surface area contributed by atoms with Gasteiger partial charge >= 0.3 is 0 Å². The van der Waals surface area contributed by atoms with Crippen molar-refractivity contribution in [2.24, 2.45) is 0 Å². The van der Waals surface area contributed by atoms with Crippen molar-refractivity contribution >= 4 is 35.0 Å². The average Bonchev–Trinajstić information content (AvgIpc) is 2.53. The summed E-state index contributed by atoms with van der Waals surface area (Å²) >= 11 is 1.62. The molecular weight excluding hydrogens is 284 g/mol. The summed E-state index contributed by atoms with van der Waals surface area (Å²) in [5, 5.41) is 2.78. The van der Waals surface area contributed by atoms with Crippen molar-refractivity contribution < 1.29 is 9.59 Å². The van der Waals surface area contributed by atoms with Gasteiger partial charge in [-0.2, -0.15) is 0 Å². The number of hydrogen-bond acceptors (Lipinski definition) is 3. The number of thioether (sulfide) groups is 1. The van der Waals surface area contributed by atoms with Crippen molar-refractivity contribution in [3.63, 3.8) is 0 Å². The standard InChI is InChI=1S/C16H14N2O2S/c1-21-12-8-6-11(7-9-12)16(20)18-10-15(19)17-13-4-2-3-5-14(13)18/h2-9H,10H2,1H3,(H,17,19). The van der Waals surface area contributed by atoms with E-state index >= 15 is 0 Å². The first-order valence-corrected chi connectivity index (χ1v) is 7.76. The fraction of sp³-hybridized carbons (Fsp3) is 0.125. The summed E-state index contributed by atoms with van der Waals surface area (Å²) in [7, 11) is 0. The lowest BCUT2D eigenvalue weighted by Gasteiger charge is -2.29. The van der Waals surface area contributed by atoms with E-state index in [1.807, 2.05) is 36.6 Å². The van der Waals surface area contributed by atoms with Crippen LogP contribution in [0.3, 0.4) is 0 Å². The van der Waals surface area contributed by atoms with Crippen molar-refractivity contribution in [1.29, 1.82) is 0 Å². The largest absolute Gasteiger partial charge is 0.323 e. The van der Waals surface area contributed by atoms with Gasteiger partial charge in [0, 0.05) is 10.5 Å². The Hall–Kier alpha value is -2.27. The maximum atomic E-state index is 12.6. The topological polar surface area (TPSA) is 49.4 Å². The molecule has 0 radical (unpaired) electrons. The summed E-state index contributed by atoms with van der Waals surface area (Å²) in [4.78, 5) is 27.0. The highest BCUT2D eigenvalue weighted by molar-refractivity contribution is 7.98. The van der Waals surface area contributed by atoms with E-state index < -0.39 is 0 Å². The fourth-order valence-electron chi connectivity index (χ4n) is 2.30. The number of rotatable bonds is 2. The third kappa shape index (κ3) is 2.64. The van der Waals surface area contributed by atoms with Gasteiger partial charge in [-0.05, 0) is 42.7 Å². The highest BCUT2D eigenvalue weighted by Crippen LogP contribution is 2.30. The van der Waals surface area contributed by atoms with E-state index in [1.165, 1.54) is 4.90 Å². The molecule has 1 N–H and O–H groups in total. The average molecular weight is 298 g/mol. The molecule has 2 aromatic rings. The molecule has 0 atom stereocenters. The van der Waals surface area contributed by atoms with Crippen molar-refractivity contribution in [3.05, 3.63) is 54.1 Å². The van der Waals surface area contributed by atoms with Crippen molar-refractivity contribution in [2.75, 3.05) is 23.0 Å². The van der Waals surface area contributed by atoms with Crippen LogP contribution in [-0.2, 0) is 4.79 Å².